The Morgan fingerprint density at radius 2 is 2.12 bits per heavy atom. The highest BCUT2D eigenvalue weighted by Gasteiger charge is 2.38. The van der Waals surface area contributed by atoms with E-state index in [2.05, 4.69) is 10.3 Å². The van der Waals surface area contributed by atoms with Gasteiger partial charge >= 0.3 is 0 Å². The lowest BCUT2D eigenvalue weighted by Gasteiger charge is -2.34. The number of carbonyl (C=O) groups is 1. The molecule has 0 unspecified atom stereocenters. The molecule has 1 aliphatic heterocycles. The molecule has 0 atom stereocenters. The van der Waals surface area contributed by atoms with Crippen LogP contribution in [0.1, 0.15) is 18.4 Å². The lowest BCUT2D eigenvalue weighted by atomic mass is 9.79. The Kier molecular flexibility index (Phi) is 5.80. The minimum absolute atomic E-state index is 0.0524. The number of aromatic nitrogens is 1. The lowest BCUT2D eigenvalue weighted by Crippen LogP contribution is -2.48. The van der Waals surface area contributed by atoms with Crippen molar-refractivity contribution in [2.75, 3.05) is 19.8 Å². The lowest BCUT2D eigenvalue weighted by molar-refractivity contribution is -0.136. The van der Waals surface area contributed by atoms with Crippen molar-refractivity contribution in [3.63, 3.8) is 0 Å². The van der Waals surface area contributed by atoms with E-state index in [1.54, 1.807) is 30.5 Å². The van der Waals surface area contributed by atoms with Crippen molar-refractivity contribution in [3.05, 3.63) is 54.0 Å². The highest BCUT2D eigenvalue weighted by molar-refractivity contribution is 5.83. The number of rotatable bonds is 6. The number of benzene rings is 1. The van der Waals surface area contributed by atoms with Gasteiger partial charge in [-0.15, -0.1) is 0 Å². The summed E-state index contributed by atoms with van der Waals surface area (Å²) in [7, 11) is 0. The first kappa shape index (κ1) is 18.3. The van der Waals surface area contributed by atoms with Crippen LogP contribution >= 0.6 is 0 Å². The molecule has 0 spiro atoms. The first-order valence-corrected chi connectivity index (χ1v) is 8.56. The number of halogens is 1. The molecule has 1 aliphatic rings. The molecule has 2 aromatic rings. The summed E-state index contributed by atoms with van der Waals surface area (Å²) in [6, 6.07) is 9.34. The molecular weight excluding hydrogens is 337 g/mol. The standard InChI is InChI=1S/C19H22FN3O3/c20-15-2-1-3-16(10-15)26-17-5-4-14(11-22-17)12-23-18(24)19(13-21)6-8-25-9-7-19/h1-5,10-11H,6-9,12-13,21H2,(H,23,24). The number of amides is 1. The van der Waals surface area contributed by atoms with Crippen LogP contribution in [0.5, 0.6) is 11.6 Å². The number of nitrogens with two attached hydrogens (primary N) is 1. The molecule has 0 saturated carbocycles. The highest BCUT2D eigenvalue weighted by Crippen LogP contribution is 2.29. The summed E-state index contributed by atoms with van der Waals surface area (Å²) in [5, 5.41) is 2.93. The third-order valence-electron chi connectivity index (χ3n) is 4.59. The quantitative estimate of drug-likeness (QED) is 0.827. The summed E-state index contributed by atoms with van der Waals surface area (Å²) >= 11 is 0. The Morgan fingerprint density at radius 3 is 2.77 bits per heavy atom. The van der Waals surface area contributed by atoms with Crippen molar-refractivity contribution < 1.29 is 18.7 Å². The van der Waals surface area contributed by atoms with E-state index in [0.29, 0.717) is 50.8 Å². The van der Waals surface area contributed by atoms with E-state index in [0.717, 1.165) is 5.56 Å². The van der Waals surface area contributed by atoms with Crippen LogP contribution in [-0.4, -0.2) is 30.6 Å². The van der Waals surface area contributed by atoms with E-state index >= 15 is 0 Å². The van der Waals surface area contributed by atoms with Gasteiger partial charge in [0.2, 0.25) is 11.8 Å². The minimum atomic E-state index is -0.549. The van der Waals surface area contributed by atoms with Crippen molar-refractivity contribution in [2.24, 2.45) is 11.1 Å². The largest absolute Gasteiger partial charge is 0.439 e. The summed E-state index contributed by atoms with van der Waals surface area (Å²) in [5.41, 5.74) is 6.13. The molecule has 3 N–H and O–H groups in total. The minimum Gasteiger partial charge on any atom is -0.439 e. The number of hydrogen-bond acceptors (Lipinski definition) is 5. The van der Waals surface area contributed by atoms with Gasteiger partial charge in [0.25, 0.3) is 0 Å². The van der Waals surface area contributed by atoms with Gasteiger partial charge in [0.15, 0.2) is 0 Å². The maximum atomic E-state index is 13.2. The van der Waals surface area contributed by atoms with E-state index in [1.165, 1.54) is 12.1 Å². The van der Waals surface area contributed by atoms with Crippen LogP contribution in [0.4, 0.5) is 4.39 Å². The fourth-order valence-corrected chi connectivity index (χ4v) is 2.88. The molecule has 0 bridgehead atoms. The van der Waals surface area contributed by atoms with Gasteiger partial charge in [0.1, 0.15) is 11.6 Å². The van der Waals surface area contributed by atoms with Crippen LogP contribution in [0.3, 0.4) is 0 Å². The molecule has 1 fully saturated rings. The Hall–Kier alpha value is -2.51. The molecule has 0 aliphatic carbocycles. The van der Waals surface area contributed by atoms with Crippen molar-refractivity contribution in [2.45, 2.75) is 19.4 Å². The zero-order chi connectivity index (χ0) is 18.4. The topological polar surface area (TPSA) is 86.5 Å². The van der Waals surface area contributed by atoms with Gasteiger partial charge in [-0.25, -0.2) is 9.37 Å². The number of pyridine rings is 1. The molecule has 3 rings (SSSR count). The van der Waals surface area contributed by atoms with E-state index in [9.17, 15) is 9.18 Å². The van der Waals surface area contributed by atoms with Gasteiger partial charge in [0.05, 0.1) is 5.41 Å². The maximum absolute atomic E-state index is 13.2. The van der Waals surface area contributed by atoms with Gasteiger partial charge in [0, 0.05) is 44.6 Å². The molecule has 2 heterocycles. The highest BCUT2D eigenvalue weighted by atomic mass is 19.1. The Balaban J connectivity index is 1.56. The summed E-state index contributed by atoms with van der Waals surface area (Å²) in [6.07, 6.45) is 2.88. The molecule has 1 aromatic heterocycles. The fraction of sp³-hybridized carbons (Fsp3) is 0.368. The number of nitrogens with one attached hydrogen (secondary N) is 1. The monoisotopic (exact) mass is 359 g/mol. The van der Waals surface area contributed by atoms with Crippen LogP contribution < -0.4 is 15.8 Å². The Labute approximate surface area is 151 Å². The van der Waals surface area contributed by atoms with E-state index in [1.807, 2.05) is 0 Å². The normalized spacial score (nSPS) is 16.1. The van der Waals surface area contributed by atoms with Gasteiger partial charge in [-0.2, -0.15) is 0 Å². The zero-order valence-electron chi connectivity index (χ0n) is 14.4. The predicted molar refractivity (Wildman–Crippen MR) is 94.1 cm³/mol. The number of hydrogen-bond donors (Lipinski definition) is 2. The number of carbonyl (C=O) groups excluding carboxylic acids is 1. The number of nitrogens with zero attached hydrogens (tertiary/aromatic N) is 1. The molecule has 1 saturated heterocycles. The molecule has 6 nitrogen and oxygen atoms in total. The van der Waals surface area contributed by atoms with Gasteiger partial charge in [-0.05, 0) is 30.5 Å². The zero-order valence-corrected chi connectivity index (χ0v) is 14.4. The van der Waals surface area contributed by atoms with Crippen LogP contribution in [0.25, 0.3) is 0 Å². The van der Waals surface area contributed by atoms with Gasteiger partial charge in [-0.3, -0.25) is 4.79 Å². The second-order valence-electron chi connectivity index (χ2n) is 6.34. The first-order chi connectivity index (χ1) is 12.6. The average molecular weight is 359 g/mol. The molecular formula is C19H22FN3O3. The van der Waals surface area contributed by atoms with E-state index < -0.39 is 5.41 Å². The summed E-state index contributed by atoms with van der Waals surface area (Å²) in [5.74, 6) is 0.309. The molecule has 26 heavy (non-hydrogen) atoms. The first-order valence-electron chi connectivity index (χ1n) is 8.56. The second kappa shape index (κ2) is 8.25. The third kappa shape index (κ3) is 4.36. The summed E-state index contributed by atoms with van der Waals surface area (Å²) in [6.45, 7) is 1.77. The molecule has 7 heteroatoms. The van der Waals surface area contributed by atoms with Crippen LogP contribution in [-0.2, 0) is 16.1 Å². The van der Waals surface area contributed by atoms with E-state index in [4.69, 9.17) is 15.2 Å². The van der Waals surface area contributed by atoms with Crippen molar-refractivity contribution in [1.29, 1.82) is 0 Å². The average Bonchev–Trinajstić information content (AvgIpc) is 2.68. The van der Waals surface area contributed by atoms with Crippen molar-refractivity contribution in [3.8, 4) is 11.6 Å². The van der Waals surface area contributed by atoms with Gasteiger partial charge < -0.3 is 20.5 Å². The van der Waals surface area contributed by atoms with Crippen molar-refractivity contribution >= 4 is 5.91 Å². The Bertz CT molecular complexity index is 746. The molecule has 1 amide bonds. The Morgan fingerprint density at radius 1 is 1.31 bits per heavy atom. The molecule has 0 radical (unpaired) electrons. The smallest absolute Gasteiger partial charge is 0.227 e. The third-order valence-corrected chi connectivity index (χ3v) is 4.59. The molecule has 1 aromatic carbocycles. The summed E-state index contributed by atoms with van der Waals surface area (Å²) < 4.78 is 24.0. The van der Waals surface area contributed by atoms with Crippen LogP contribution in [0.15, 0.2) is 42.6 Å². The van der Waals surface area contributed by atoms with Crippen LogP contribution in [0, 0.1) is 11.2 Å². The fourth-order valence-electron chi connectivity index (χ4n) is 2.88. The number of ether oxygens (including phenoxy) is 2. The van der Waals surface area contributed by atoms with E-state index in [-0.39, 0.29) is 11.7 Å². The SMILES string of the molecule is NCC1(C(=O)NCc2ccc(Oc3cccc(F)c3)nc2)CCOCC1. The summed E-state index contributed by atoms with van der Waals surface area (Å²) in [4.78, 5) is 16.7. The van der Waals surface area contributed by atoms with Crippen molar-refractivity contribution in [1.82, 2.24) is 10.3 Å². The second-order valence-corrected chi connectivity index (χ2v) is 6.34. The molecule has 138 valence electrons. The maximum Gasteiger partial charge on any atom is 0.227 e. The predicted octanol–water partition coefficient (Wildman–Crippen LogP) is 2.38. The van der Waals surface area contributed by atoms with Gasteiger partial charge in [-0.1, -0.05) is 12.1 Å². The van der Waals surface area contributed by atoms with Crippen LogP contribution in [0.2, 0.25) is 0 Å².